The van der Waals surface area contributed by atoms with Crippen molar-refractivity contribution in [1.82, 2.24) is 0 Å². The van der Waals surface area contributed by atoms with Crippen molar-refractivity contribution in [3.05, 3.63) is 23.3 Å². The number of carbonyl (C=O) groups is 1. The zero-order chi connectivity index (χ0) is 13.2. The Hall–Kier alpha value is -0.880. The van der Waals surface area contributed by atoms with Crippen LogP contribution in [0.4, 0.5) is 0 Å². The van der Waals surface area contributed by atoms with Crippen molar-refractivity contribution in [2.24, 2.45) is 0 Å². The lowest BCUT2D eigenvalue weighted by atomic mass is 9.88. The Labute approximate surface area is 120 Å². The Bertz CT molecular complexity index is 698. The predicted octanol–water partition coefficient (Wildman–Crippen LogP) is -0.611. The second-order valence-corrected chi connectivity index (χ2v) is 7.35. The quantitative estimate of drug-likeness (QED) is 0.607. The van der Waals surface area contributed by atoms with Gasteiger partial charge in [-0.05, 0) is 21.7 Å². The number of ketones is 1. The van der Waals surface area contributed by atoms with E-state index < -0.39 is 5.79 Å². The minimum Gasteiger partial charge on any atom is -0.337 e. The highest BCUT2D eigenvalue weighted by molar-refractivity contribution is 7.29. The van der Waals surface area contributed by atoms with Crippen LogP contribution < -0.4 is 9.55 Å². The van der Waals surface area contributed by atoms with E-state index in [1.54, 1.807) is 22.7 Å². The topological polar surface area (TPSA) is 35.5 Å². The third-order valence-electron chi connectivity index (χ3n) is 3.51. The van der Waals surface area contributed by atoms with Gasteiger partial charge in [0.2, 0.25) is 5.78 Å². The average Bonchev–Trinajstić information content (AvgIpc) is 3.04. The van der Waals surface area contributed by atoms with E-state index in [0.29, 0.717) is 13.2 Å². The van der Waals surface area contributed by atoms with Crippen LogP contribution in [0.3, 0.4) is 0 Å². The van der Waals surface area contributed by atoms with Crippen LogP contribution in [0.1, 0.15) is 15.9 Å². The molecule has 0 radical (unpaired) electrons. The minimum absolute atomic E-state index is 0.0466. The van der Waals surface area contributed by atoms with E-state index in [2.05, 4.69) is 7.85 Å². The Morgan fingerprint density at radius 2 is 1.68 bits per heavy atom. The highest BCUT2D eigenvalue weighted by Crippen LogP contribution is 2.49. The van der Waals surface area contributed by atoms with Gasteiger partial charge >= 0.3 is 0 Å². The predicted molar refractivity (Wildman–Crippen MR) is 81.9 cm³/mol. The molecule has 3 heterocycles. The van der Waals surface area contributed by atoms with Crippen molar-refractivity contribution in [2.75, 3.05) is 13.2 Å². The number of fused-ring (bicyclic) bond motifs is 4. The van der Waals surface area contributed by atoms with Crippen LogP contribution in [0, 0.1) is 0 Å². The first-order chi connectivity index (χ1) is 9.12. The summed E-state index contributed by atoms with van der Waals surface area (Å²) in [4.78, 5) is 15.0. The Morgan fingerprint density at radius 3 is 2.42 bits per heavy atom. The summed E-state index contributed by atoms with van der Waals surface area (Å²) in [6.07, 6.45) is 0. The molecule has 0 saturated carbocycles. The number of rotatable bonds is 0. The molecule has 4 rings (SSSR count). The van der Waals surface area contributed by atoms with E-state index in [-0.39, 0.29) is 5.78 Å². The summed E-state index contributed by atoms with van der Waals surface area (Å²) in [5.74, 6) is -1.23. The van der Waals surface area contributed by atoms with Gasteiger partial charge in [0.1, 0.15) is 0 Å². The van der Waals surface area contributed by atoms with E-state index in [4.69, 9.17) is 9.47 Å². The number of ether oxygens (including phenoxy) is 2. The van der Waals surface area contributed by atoms with Crippen LogP contribution in [-0.4, -0.2) is 34.7 Å². The third-order valence-corrected chi connectivity index (χ3v) is 5.77. The lowest BCUT2D eigenvalue weighted by molar-refractivity contribution is -0.126. The van der Waals surface area contributed by atoms with Gasteiger partial charge in [-0.2, -0.15) is 0 Å². The fraction of sp³-hybridized carbons (Fsp3) is 0.250. The molecular weight excluding hydrogens is 278 g/mol. The summed E-state index contributed by atoms with van der Waals surface area (Å²) in [5, 5.41) is 0. The van der Waals surface area contributed by atoms with Gasteiger partial charge in [0.15, 0.2) is 15.7 Å². The van der Waals surface area contributed by atoms with Crippen LogP contribution in [0.2, 0.25) is 0 Å². The number of thiophene rings is 2. The molecule has 1 spiro atoms. The molecule has 0 unspecified atom stereocenters. The largest absolute Gasteiger partial charge is 0.337 e. The van der Waals surface area contributed by atoms with Crippen molar-refractivity contribution in [2.45, 2.75) is 5.79 Å². The molecule has 2 aromatic heterocycles. The zero-order valence-corrected chi connectivity index (χ0v) is 12.2. The fourth-order valence-electron chi connectivity index (χ4n) is 2.78. The summed E-state index contributed by atoms with van der Waals surface area (Å²) in [5.41, 5.74) is 1.64. The van der Waals surface area contributed by atoms with Gasteiger partial charge in [-0.25, -0.2) is 0 Å². The first kappa shape index (κ1) is 11.9. The van der Waals surface area contributed by atoms with E-state index in [1.807, 2.05) is 20.0 Å². The van der Waals surface area contributed by atoms with Crippen molar-refractivity contribution in [3.8, 4) is 9.75 Å². The first-order valence-corrected chi connectivity index (χ1v) is 7.79. The van der Waals surface area contributed by atoms with Crippen LogP contribution in [0.5, 0.6) is 0 Å². The number of hydrogen-bond donors (Lipinski definition) is 0. The van der Waals surface area contributed by atoms with Crippen molar-refractivity contribution >= 4 is 53.7 Å². The zero-order valence-electron chi connectivity index (χ0n) is 10.6. The molecule has 0 bridgehead atoms. The molecule has 0 aromatic carbocycles. The lowest BCUT2D eigenvalue weighted by Gasteiger charge is -2.29. The molecule has 2 aliphatic rings. The van der Waals surface area contributed by atoms with Gasteiger partial charge in [0.05, 0.1) is 23.0 Å². The van der Waals surface area contributed by atoms with Gasteiger partial charge in [0, 0.05) is 11.1 Å². The maximum atomic E-state index is 12.8. The Kier molecular flexibility index (Phi) is 2.39. The molecule has 3 nitrogen and oxygen atoms in total. The van der Waals surface area contributed by atoms with Gasteiger partial charge in [-0.3, -0.25) is 4.79 Å². The lowest BCUT2D eigenvalue weighted by Crippen LogP contribution is -2.39. The van der Waals surface area contributed by atoms with Crippen LogP contribution in [0.15, 0.2) is 12.1 Å². The standard InChI is InChI=1S/C12H10B2O3S2/c13-7-3-5-9(18-7)10-6(4-8(14)19-10)12(11(5)15)16-1-2-17-12/h3-4H,1-2,13-14H2. The molecular formula is C12H10B2O3S2. The van der Waals surface area contributed by atoms with Gasteiger partial charge in [0.25, 0.3) is 5.79 Å². The van der Waals surface area contributed by atoms with Gasteiger partial charge < -0.3 is 9.47 Å². The summed E-state index contributed by atoms with van der Waals surface area (Å²) in [7, 11) is 4.08. The van der Waals surface area contributed by atoms with Crippen LogP contribution in [0.25, 0.3) is 9.75 Å². The van der Waals surface area contributed by atoms with Crippen molar-refractivity contribution < 1.29 is 14.3 Å². The molecule has 7 heteroatoms. The monoisotopic (exact) mass is 288 g/mol. The molecule has 1 aliphatic heterocycles. The third kappa shape index (κ3) is 1.44. The number of hydrogen-bond acceptors (Lipinski definition) is 5. The second kappa shape index (κ2) is 3.82. The molecule has 0 N–H and O–H groups in total. The van der Waals surface area contributed by atoms with E-state index >= 15 is 0 Å². The van der Waals surface area contributed by atoms with Crippen LogP contribution >= 0.6 is 22.7 Å². The Balaban J connectivity index is 2.06. The molecule has 1 saturated heterocycles. The minimum atomic E-state index is -1.18. The molecule has 1 fully saturated rings. The highest BCUT2D eigenvalue weighted by atomic mass is 32.1. The van der Waals surface area contributed by atoms with E-state index in [0.717, 1.165) is 25.7 Å². The highest BCUT2D eigenvalue weighted by Gasteiger charge is 2.52. The smallest absolute Gasteiger partial charge is 0.262 e. The van der Waals surface area contributed by atoms with Gasteiger partial charge in [-0.1, -0.05) is 0 Å². The maximum Gasteiger partial charge on any atom is 0.262 e. The Morgan fingerprint density at radius 1 is 1.05 bits per heavy atom. The second-order valence-electron chi connectivity index (χ2n) is 4.84. The summed E-state index contributed by atoms with van der Waals surface area (Å²) in [6, 6.07) is 3.98. The van der Waals surface area contributed by atoms with Crippen molar-refractivity contribution in [1.29, 1.82) is 0 Å². The molecule has 1 aliphatic carbocycles. The molecule has 0 amide bonds. The average molecular weight is 288 g/mol. The van der Waals surface area contributed by atoms with Crippen LogP contribution in [-0.2, 0) is 15.3 Å². The number of Topliss-reactive ketones (excluding diaryl/α,β-unsaturated/α-hetero) is 1. The first-order valence-electron chi connectivity index (χ1n) is 6.16. The fourth-order valence-corrected chi connectivity index (χ4v) is 5.00. The summed E-state index contributed by atoms with van der Waals surface area (Å²) < 4.78 is 13.8. The number of carbonyl (C=O) groups excluding carboxylic acids is 1. The molecule has 19 heavy (non-hydrogen) atoms. The maximum absolute atomic E-state index is 12.8. The summed E-state index contributed by atoms with van der Waals surface area (Å²) in [6.45, 7) is 0.942. The van der Waals surface area contributed by atoms with Crippen molar-refractivity contribution in [3.63, 3.8) is 0 Å². The molecule has 2 aromatic rings. The van der Waals surface area contributed by atoms with E-state index in [9.17, 15) is 4.79 Å². The normalized spacial score (nSPS) is 19.7. The van der Waals surface area contributed by atoms with E-state index in [1.165, 1.54) is 4.78 Å². The van der Waals surface area contributed by atoms with Gasteiger partial charge in [-0.15, -0.1) is 22.7 Å². The summed E-state index contributed by atoms with van der Waals surface area (Å²) >= 11 is 3.38. The molecule has 0 atom stereocenters. The molecule has 94 valence electrons. The SMILES string of the molecule is Bc1cc2c(s1)-c1sc(B)cc1C1(OCCO1)C2=O.